The summed E-state index contributed by atoms with van der Waals surface area (Å²) in [5, 5.41) is 3.25. The normalized spacial score (nSPS) is 12.2. The molecule has 3 N–H and O–H groups in total. The molecule has 4 nitrogen and oxygen atoms in total. The third kappa shape index (κ3) is 4.31. The van der Waals surface area contributed by atoms with Crippen LogP contribution in [0.15, 0.2) is 22.7 Å². The highest BCUT2D eigenvalue weighted by molar-refractivity contribution is 9.10. The first-order chi connectivity index (χ1) is 8.58. The van der Waals surface area contributed by atoms with Gasteiger partial charge in [0.2, 0.25) is 0 Å². The average molecular weight is 315 g/mol. The highest BCUT2D eigenvalue weighted by Crippen LogP contribution is 2.27. The molecule has 5 heteroatoms. The molecule has 0 radical (unpaired) electrons. The third-order valence-corrected chi connectivity index (χ3v) is 3.15. The van der Waals surface area contributed by atoms with Gasteiger partial charge in [0.1, 0.15) is 5.75 Å². The van der Waals surface area contributed by atoms with Gasteiger partial charge in [-0.25, -0.2) is 0 Å². The summed E-state index contributed by atoms with van der Waals surface area (Å²) >= 11 is 3.44. The number of amides is 1. The van der Waals surface area contributed by atoms with Gasteiger partial charge in [0.15, 0.2) is 6.10 Å². The van der Waals surface area contributed by atoms with Gasteiger partial charge in [-0.05, 0) is 46.6 Å². The second-order valence-electron chi connectivity index (χ2n) is 3.96. The lowest BCUT2D eigenvalue weighted by molar-refractivity contribution is -0.124. The van der Waals surface area contributed by atoms with Crippen LogP contribution in [0.5, 0.6) is 5.75 Å². The van der Waals surface area contributed by atoms with Gasteiger partial charge < -0.3 is 15.8 Å². The van der Waals surface area contributed by atoms with Crippen LogP contribution in [0, 0.1) is 0 Å². The molecule has 1 rings (SSSR count). The summed E-state index contributed by atoms with van der Waals surface area (Å²) in [4.78, 5) is 11.1. The Morgan fingerprint density at radius 3 is 2.72 bits per heavy atom. The lowest BCUT2D eigenvalue weighted by atomic mass is 10.2. The fourth-order valence-electron chi connectivity index (χ4n) is 1.52. The molecule has 100 valence electrons. The second kappa shape index (κ2) is 7.38. The molecule has 0 spiro atoms. The van der Waals surface area contributed by atoms with Crippen molar-refractivity contribution in [2.75, 3.05) is 6.54 Å². The number of benzene rings is 1. The van der Waals surface area contributed by atoms with Crippen LogP contribution < -0.4 is 15.8 Å². The summed E-state index contributed by atoms with van der Waals surface area (Å²) in [6.07, 6.45) is -0.0260. The molecule has 0 fully saturated rings. The number of carbonyl (C=O) groups is 1. The van der Waals surface area contributed by atoms with Crippen LogP contribution in [-0.4, -0.2) is 18.6 Å². The van der Waals surface area contributed by atoms with Gasteiger partial charge in [-0.1, -0.05) is 19.9 Å². The van der Waals surface area contributed by atoms with Crippen molar-refractivity contribution in [2.24, 2.45) is 5.73 Å². The van der Waals surface area contributed by atoms with Crippen LogP contribution in [0.2, 0.25) is 0 Å². The standard InChI is InChI=1S/C13H19BrN2O2/c1-3-11(13(15)17)18-12-6-5-9(7-10(12)14)8-16-4-2/h5-7,11,16H,3-4,8H2,1-2H3,(H2,15,17). The summed E-state index contributed by atoms with van der Waals surface area (Å²) in [5.41, 5.74) is 6.41. The first kappa shape index (κ1) is 15.0. The number of hydrogen-bond acceptors (Lipinski definition) is 3. The molecule has 1 atom stereocenters. The van der Waals surface area contributed by atoms with Crippen LogP contribution in [0.25, 0.3) is 0 Å². The van der Waals surface area contributed by atoms with Crippen molar-refractivity contribution in [3.8, 4) is 5.75 Å². The molecular weight excluding hydrogens is 296 g/mol. The maximum Gasteiger partial charge on any atom is 0.258 e. The molecule has 0 saturated heterocycles. The molecule has 1 aromatic rings. The molecular formula is C13H19BrN2O2. The van der Waals surface area contributed by atoms with Crippen molar-refractivity contribution in [3.05, 3.63) is 28.2 Å². The van der Waals surface area contributed by atoms with E-state index in [1.54, 1.807) is 0 Å². The van der Waals surface area contributed by atoms with Crippen LogP contribution >= 0.6 is 15.9 Å². The van der Waals surface area contributed by atoms with E-state index in [0.717, 1.165) is 23.1 Å². The van der Waals surface area contributed by atoms with Crippen molar-refractivity contribution in [1.82, 2.24) is 5.32 Å². The van der Waals surface area contributed by atoms with Crippen LogP contribution in [-0.2, 0) is 11.3 Å². The quantitative estimate of drug-likeness (QED) is 0.811. The summed E-state index contributed by atoms with van der Waals surface area (Å²) in [6.45, 7) is 5.66. The van der Waals surface area contributed by atoms with Crippen molar-refractivity contribution >= 4 is 21.8 Å². The Kier molecular flexibility index (Phi) is 6.15. The summed E-state index contributed by atoms with van der Waals surface area (Å²) in [6, 6.07) is 5.80. The van der Waals surface area contributed by atoms with E-state index in [2.05, 4.69) is 28.2 Å². The Labute approximate surface area is 116 Å². The SMILES string of the molecule is CCNCc1ccc(OC(CC)C(N)=O)c(Br)c1. The maximum absolute atomic E-state index is 11.1. The van der Waals surface area contributed by atoms with Gasteiger partial charge in [-0.15, -0.1) is 0 Å². The van der Waals surface area contributed by atoms with Crippen LogP contribution in [0.3, 0.4) is 0 Å². The molecule has 0 aromatic heterocycles. The summed E-state index contributed by atoms with van der Waals surface area (Å²) < 4.78 is 6.40. The highest BCUT2D eigenvalue weighted by Gasteiger charge is 2.16. The van der Waals surface area contributed by atoms with Crippen LogP contribution in [0.4, 0.5) is 0 Å². The zero-order chi connectivity index (χ0) is 13.5. The smallest absolute Gasteiger partial charge is 0.258 e. The van der Waals surface area contributed by atoms with Crippen molar-refractivity contribution in [1.29, 1.82) is 0 Å². The molecule has 0 aliphatic heterocycles. The largest absolute Gasteiger partial charge is 0.479 e. The Bertz CT molecular complexity index is 410. The van der Waals surface area contributed by atoms with E-state index in [4.69, 9.17) is 10.5 Å². The van der Waals surface area contributed by atoms with E-state index in [0.29, 0.717) is 12.2 Å². The predicted octanol–water partition coefficient (Wildman–Crippen LogP) is 2.20. The Morgan fingerprint density at radius 2 is 2.22 bits per heavy atom. The Hall–Kier alpha value is -1.07. The fraction of sp³-hybridized carbons (Fsp3) is 0.462. The van der Waals surface area contributed by atoms with Gasteiger partial charge in [0, 0.05) is 6.54 Å². The van der Waals surface area contributed by atoms with E-state index in [1.165, 1.54) is 0 Å². The predicted molar refractivity (Wildman–Crippen MR) is 75.4 cm³/mol. The van der Waals surface area contributed by atoms with Gasteiger partial charge in [0.05, 0.1) is 4.47 Å². The first-order valence-electron chi connectivity index (χ1n) is 6.03. The lowest BCUT2D eigenvalue weighted by Gasteiger charge is -2.16. The van der Waals surface area contributed by atoms with E-state index < -0.39 is 12.0 Å². The second-order valence-corrected chi connectivity index (χ2v) is 4.82. The number of primary amides is 1. The van der Waals surface area contributed by atoms with Gasteiger partial charge in [0.25, 0.3) is 5.91 Å². The molecule has 1 unspecified atom stereocenters. The Morgan fingerprint density at radius 1 is 1.50 bits per heavy atom. The topological polar surface area (TPSA) is 64.3 Å². The molecule has 0 heterocycles. The number of nitrogens with one attached hydrogen (secondary N) is 1. The first-order valence-corrected chi connectivity index (χ1v) is 6.82. The molecule has 0 bridgehead atoms. The Balaban J connectivity index is 2.75. The lowest BCUT2D eigenvalue weighted by Crippen LogP contribution is -2.33. The highest BCUT2D eigenvalue weighted by atomic mass is 79.9. The number of carbonyl (C=O) groups excluding carboxylic acids is 1. The average Bonchev–Trinajstić information content (AvgIpc) is 2.34. The van der Waals surface area contributed by atoms with Gasteiger partial charge >= 0.3 is 0 Å². The molecule has 18 heavy (non-hydrogen) atoms. The minimum absolute atomic E-state index is 0.443. The molecule has 0 saturated carbocycles. The fourth-order valence-corrected chi connectivity index (χ4v) is 2.03. The van der Waals surface area contributed by atoms with Gasteiger partial charge in [-0.2, -0.15) is 0 Å². The summed E-state index contributed by atoms with van der Waals surface area (Å²) in [7, 11) is 0. The van der Waals surface area contributed by atoms with Crippen molar-refractivity contribution < 1.29 is 9.53 Å². The van der Waals surface area contributed by atoms with Crippen molar-refractivity contribution in [2.45, 2.75) is 32.9 Å². The van der Waals surface area contributed by atoms with Crippen LogP contribution in [0.1, 0.15) is 25.8 Å². The molecule has 0 aliphatic carbocycles. The molecule has 0 aliphatic rings. The minimum Gasteiger partial charge on any atom is -0.479 e. The van der Waals surface area contributed by atoms with Crippen molar-refractivity contribution in [3.63, 3.8) is 0 Å². The van der Waals surface area contributed by atoms with E-state index in [1.807, 2.05) is 25.1 Å². The van der Waals surface area contributed by atoms with E-state index in [-0.39, 0.29) is 0 Å². The maximum atomic E-state index is 11.1. The number of rotatable bonds is 7. The van der Waals surface area contributed by atoms with Gasteiger partial charge in [-0.3, -0.25) is 4.79 Å². The van der Waals surface area contributed by atoms with E-state index in [9.17, 15) is 4.79 Å². The summed E-state index contributed by atoms with van der Waals surface area (Å²) in [5.74, 6) is 0.196. The van der Waals surface area contributed by atoms with E-state index >= 15 is 0 Å². The number of ether oxygens (including phenoxy) is 1. The minimum atomic E-state index is -0.582. The number of halogens is 1. The number of nitrogens with two attached hydrogens (primary N) is 1. The zero-order valence-corrected chi connectivity index (χ0v) is 12.3. The molecule has 1 amide bonds. The monoisotopic (exact) mass is 314 g/mol. The number of hydrogen-bond donors (Lipinski definition) is 2. The third-order valence-electron chi connectivity index (χ3n) is 2.53. The molecule has 1 aromatic carbocycles. The zero-order valence-electron chi connectivity index (χ0n) is 10.7.